The molecule has 0 atom stereocenters. The van der Waals surface area contributed by atoms with Gasteiger partial charge in [0.25, 0.3) is 5.91 Å². The van der Waals surface area contributed by atoms with Gasteiger partial charge in [0.2, 0.25) is 0 Å². The van der Waals surface area contributed by atoms with E-state index in [4.69, 9.17) is 0 Å². The van der Waals surface area contributed by atoms with E-state index < -0.39 is 5.54 Å². The molecule has 0 radical (unpaired) electrons. The highest BCUT2D eigenvalue weighted by Gasteiger charge is 2.44. The number of hydrogen-bond acceptors (Lipinski definition) is 3. The van der Waals surface area contributed by atoms with E-state index in [1.54, 1.807) is 31.1 Å². The minimum absolute atomic E-state index is 0.242. The van der Waals surface area contributed by atoms with Gasteiger partial charge >= 0.3 is 6.03 Å². The van der Waals surface area contributed by atoms with Crippen molar-refractivity contribution in [2.75, 3.05) is 6.54 Å². The average Bonchev–Trinajstić information content (AvgIpc) is 2.48. The van der Waals surface area contributed by atoms with E-state index in [0.29, 0.717) is 13.0 Å². The number of imide groups is 1. The van der Waals surface area contributed by atoms with E-state index in [2.05, 4.69) is 10.3 Å². The minimum atomic E-state index is -0.765. The summed E-state index contributed by atoms with van der Waals surface area (Å²) in [5.41, 5.74) is 0.287. The number of rotatable bonds is 3. The standard InChI is InChI=1S/C12H15N3O2/c1-12(2)10(16)14-11(17)15(12)7-5-9-4-3-6-13-8-9/h3-4,6,8H,5,7H2,1-2H3,(H,14,16,17). The Balaban J connectivity index is 2.04. The Labute approximate surface area is 99.8 Å². The second-order valence-corrected chi connectivity index (χ2v) is 4.58. The van der Waals surface area contributed by atoms with Gasteiger partial charge in [0.15, 0.2) is 0 Å². The predicted octanol–water partition coefficient (Wildman–Crippen LogP) is 0.954. The van der Waals surface area contributed by atoms with Crippen molar-refractivity contribution in [3.8, 4) is 0 Å². The highest BCUT2D eigenvalue weighted by atomic mass is 16.2. The van der Waals surface area contributed by atoms with Gasteiger partial charge in [0.05, 0.1) is 0 Å². The van der Waals surface area contributed by atoms with Crippen molar-refractivity contribution in [3.05, 3.63) is 30.1 Å². The number of urea groups is 1. The highest BCUT2D eigenvalue weighted by molar-refractivity contribution is 6.06. The van der Waals surface area contributed by atoms with Crippen LogP contribution in [-0.4, -0.2) is 33.9 Å². The molecule has 90 valence electrons. The van der Waals surface area contributed by atoms with Gasteiger partial charge in [0.1, 0.15) is 5.54 Å². The molecule has 17 heavy (non-hydrogen) atoms. The summed E-state index contributed by atoms with van der Waals surface area (Å²) < 4.78 is 0. The summed E-state index contributed by atoms with van der Waals surface area (Å²) in [6.45, 7) is 4.00. The second-order valence-electron chi connectivity index (χ2n) is 4.58. The molecule has 1 aromatic heterocycles. The van der Waals surface area contributed by atoms with Gasteiger partial charge in [-0.15, -0.1) is 0 Å². The van der Waals surface area contributed by atoms with E-state index in [1.165, 1.54) is 0 Å². The zero-order valence-electron chi connectivity index (χ0n) is 9.93. The number of carbonyl (C=O) groups is 2. The van der Waals surface area contributed by atoms with Crippen LogP contribution in [0.2, 0.25) is 0 Å². The number of aromatic nitrogens is 1. The Morgan fingerprint density at radius 2 is 2.18 bits per heavy atom. The first-order valence-corrected chi connectivity index (χ1v) is 5.54. The number of pyridine rings is 1. The number of amides is 3. The molecule has 1 aliphatic rings. The molecule has 1 aliphatic heterocycles. The molecule has 2 rings (SSSR count). The lowest BCUT2D eigenvalue weighted by Gasteiger charge is -2.27. The summed E-state index contributed by atoms with van der Waals surface area (Å²) >= 11 is 0. The molecule has 1 fully saturated rings. The Bertz CT molecular complexity index is 442. The van der Waals surface area contributed by atoms with E-state index in [-0.39, 0.29) is 11.9 Å². The monoisotopic (exact) mass is 233 g/mol. The first-order valence-electron chi connectivity index (χ1n) is 5.54. The van der Waals surface area contributed by atoms with Gasteiger partial charge in [-0.2, -0.15) is 0 Å². The summed E-state index contributed by atoms with van der Waals surface area (Å²) in [4.78, 5) is 28.7. The molecule has 0 aromatic carbocycles. The predicted molar refractivity (Wildman–Crippen MR) is 62.3 cm³/mol. The molecule has 1 saturated heterocycles. The van der Waals surface area contributed by atoms with Crippen LogP contribution in [0.1, 0.15) is 19.4 Å². The van der Waals surface area contributed by atoms with Crippen LogP contribution in [0, 0.1) is 0 Å². The first-order chi connectivity index (χ1) is 8.01. The molecule has 5 nitrogen and oxygen atoms in total. The zero-order valence-corrected chi connectivity index (χ0v) is 9.93. The minimum Gasteiger partial charge on any atom is -0.310 e. The molecule has 0 unspecified atom stereocenters. The molecule has 3 amide bonds. The van der Waals surface area contributed by atoms with E-state index >= 15 is 0 Å². The normalized spacial score (nSPS) is 18.4. The number of carbonyl (C=O) groups excluding carboxylic acids is 2. The summed E-state index contributed by atoms with van der Waals surface area (Å²) in [6.07, 6.45) is 4.17. The summed E-state index contributed by atoms with van der Waals surface area (Å²) in [7, 11) is 0. The van der Waals surface area contributed by atoms with Crippen LogP contribution >= 0.6 is 0 Å². The number of nitrogens with one attached hydrogen (secondary N) is 1. The van der Waals surface area contributed by atoms with Gasteiger partial charge < -0.3 is 4.90 Å². The van der Waals surface area contributed by atoms with Crippen LogP contribution in [0.3, 0.4) is 0 Å². The quantitative estimate of drug-likeness (QED) is 0.791. The van der Waals surface area contributed by atoms with Crippen molar-refractivity contribution in [1.29, 1.82) is 0 Å². The maximum absolute atomic E-state index is 11.6. The van der Waals surface area contributed by atoms with Gasteiger partial charge in [-0.25, -0.2) is 4.79 Å². The van der Waals surface area contributed by atoms with Crippen LogP contribution in [0.15, 0.2) is 24.5 Å². The molecular weight excluding hydrogens is 218 g/mol. The van der Waals surface area contributed by atoms with Crippen LogP contribution in [0.5, 0.6) is 0 Å². The number of hydrogen-bond donors (Lipinski definition) is 1. The lowest BCUT2D eigenvalue weighted by atomic mass is 10.0. The highest BCUT2D eigenvalue weighted by Crippen LogP contribution is 2.20. The molecule has 5 heteroatoms. The molecule has 0 aliphatic carbocycles. The maximum atomic E-state index is 11.6. The first kappa shape index (κ1) is 11.6. The summed E-state index contributed by atoms with van der Waals surface area (Å²) in [6, 6.07) is 3.50. The third-order valence-electron chi connectivity index (χ3n) is 3.04. The van der Waals surface area contributed by atoms with Crippen molar-refractivity contribution < 1.29 is 9.59 Å². The lowest BCUT2D eigenvalue weighted by Crippen LogP contribution is -2.45. The Morgan fingerprint density at radius 3 is 2.71 bits per heavy atom. The largest absolute Gasteiger partial charge is 0.325 e. The van der Waals surface area contributed by atoms with Crippen molar-refractivity contribution >= 4 is 11.9 Å². The van der Waals surface area contributed by atoms with Crippen LogP contribution in [0.4, 0.5) is 4.79 Å². The van der Waals surface area contributed by atoms with Crippen molar-refractivity contribution in [3.63, 3.8) is 0 Å². The Kier molecular flexibility index (Phi) is 2.83. The van der Waals surface area contributed by atoms with E-state index in [0.717, 1.165) is 5.56 Å². The van der Waals surface area contributed by atoms with Gasteiger partial charge in [-0.3, -0.25) is 15.1 Å². The fourth-order valence-corrected chi connectivity index (χ4v) is 1.86. The van der Waals surface area contributed by atoms with Crippen LogP contribution < -0.4 is 5.32 Å². The topological polar surface area (TPSA) is 62.3 Å². The van der Waals surface area contributed by atoms with Crippen molar-refractivity contribution in [2.24, 2.45) is 0 Å². The van der Waals surface area contributed by atoms with E-state index in [9.17, 15) is 9.59 Å². The van der Waals surface area contributed by atoms with Gasteiger partial charge in [0, 0.05) is 18.9 Å². The van der Waals surface area contributed by atoms with Crippen LogP contribution in [0.25, 0.3) is 0 Å². The fourth-order valence-electron chi connectivity index (χ4n) is 1.86. The second kappa shape index (κ2) is 4.16. The van der Waals surface area contributed by atoms with Gasteiger partial charge in [-0.1, -0.05) is 6.07 Å². The fraction of sp³-hybridized carbons (Fsp3) is 0.417. The van der Waals surface area contributed by atoms with Gasteiger partial charge in [-0.05, 0) is 31.9 Å². The Hall–Kier alpha value is -1.91. The molecule has 0 spiro atoms. The lowest BCUT2D eigenvalue weighted by molar-refractivity contribution is -0.125. The molecular formula is C12H15N3O2. The molecule has 1 aromatic rings. The summed E-state index contributed by atoms with van der Waals surface area (Å²) in [5.74, 6) is -0.242. The number of nitrogens with zero attached hydrogens (tertiary/aromatic N) is 2. The summed E-state index contributed by atoms with van der Waals surface area (Å²) in [5, 5.41) is 2.33. The molecule has 1 N–H and O–H groups in total. The third kappa shape index (κ3) is 2.13. The SMILES string of the molecule is CC1(C)C(=O)NC(=O)N1CCc1cccnc1. The maximum Gasteiger partial charge on any atom is 0.325 e. The van der Waals surface area contributed by atoms with Crippen LogP contribution in [-0.2, 0) is 11.2 Å². The Morgan fingerprint density at radius 1 is 1.41 bits per heavy atom. The molecule has 0 saturated carbocycles. The average molecular weight is 233 g/mol. The third-order valence-corrected chi connectivity index (χ3v) is 3.04. The zero-order chi connectivity index (χ0) is 12.5. The molecule has 0 bridgehead atoms. The van der Waals surface area contributed by atoms with Crippen molar-refractivity contribution in [2.45, 2.75) is 25.8 Å². The smallest absolute Gasteiger partial charge is 0.310 e. The molecule has 2 heterocycles. The van der Waals surface area contributed by atoms with E-state index in [1.807, 2.05) is 12.1 Å². The van der Waals surface area contributed by atoms with Crippen molar-refractivity contribution in [1.82, 2.24) is 15.2 Å².